The van der Waals surface area contributed by atoms with Crippen molar-refractivity contribution in [1.29, 1.82) is 0 Å². The van der Waals surface area contributed by atoms with Crippen LogP contribution in [-0.2, 0) is 11.2 Å². The molecule has 0 heterocycles. The third-order valence-corrected chi connectivity index (χ3v) is 4.57. The summed E-state index contributed by atoms with van der Waals surface area (Å²) in [5.74, 6) is 0.389. The lowest BCUT2D eigenvalue weighted by atomic mass is 9.81. The molecule has 0 spiro atoms. The van der Waals surface area contributed by atoms with E-state index in [0.717, 1.165) is 17.5 Å². The maximum Gasteiger partial charge on any atom is 0.123 e. The molecule has 0 aromatic heterocycles. The molecule has 2 N–H and O–H groups in total. The normalized spacial score (nSPS) is 19.8. The van der Waals surface area contributed by atoms with Gasteiger partial charge in [0.25, 0.3) is 0 Å². The summed E-state index contributed by atoms with van der Waals surface area (Å²) in [7, 11) is 1.76. The minimum absolute atomic E-state index is 0.0211. The van der Waals surface area contributed by atoms with E-state index in [9.17, 15) is 4.39 Å². The highest BCUT2D eigenvalue weighted by molar-refractivity contribution is 5.27. The van der Waals surface area contributed by atoms with Gasteiger partial charge >= 0.3 is 0 Å². The molecule has 0 amide bonds. The minimum Gasteiger partial charge on any atom is -0.380 e. The van der Waals surface area contributed by atoms with Crippen molar-refractivity contribution in [2.75, 3.05) is 7.11 Å². The molecule has 1 aromatic carbocycles. The fourth-order valence-corrected chi connectivity index (χ4v) is 3.44. The molecule has 1 aliphatic rings. The summed E-state index contributed by atoms with van der Waals surface area (Å²) in [5.41, 5.74) is 8.47. The number of methoxy groups -OCH3 is 1. The zero-order valence-corrected chi connectivity index (χ0v) is 12.6. The van der Waals surface area contributed by atoms with Crippen LogP contribution in [0.3, 0.4) is 0 Å². The molecule has 0 radical (unpaired) electrons. The molecule has 2 atom stereocenters. The standard InChI is InChI=1S/C17H26FNO/c1-12-10-15(18)9-8-14(12)11-16(19)17(20-2)13-6-4-3-5-7-13/h8-10,13,16-17H,3-7,11,19H2,1-2H3. The van der Waals surface area contributed by atoms with Gasteiger partial charge in [-0.1, -0.05) is 25.3 Å². The number of nitrogens with two attached hydrogens (primary N) is 1. The van der Waals surface area contributed by atoms with Gasteiger partial charge in [-0.25, -0.2) is 4.39 Å². The lowest BCUT2D eigenvalue weighted by Gasteiger charge is -2.33. The molecule has 1 fully saturated rings. The fourth-order valence-electron chi connectivity index (χ4n) is 3.44. The summed E-state index contributed by atoms with van der Waals surface area (Å²) in [5, 5.41) is 0. The zero-order chi connectivity index (χ0) is 14.5. The number of hydrogen-bond acceptors (Lipinski definition) is 2. The Labute approximate surface area is 121 Å². The van der Waals surface area contributed by atoms with Crippen LogP contribution in [0.1, 0.15) is 43.2 Å². The summed E-state index contributed by atoms with van der Waals surface area (Å²) in [6, 6.07) is 4.91. The Hall–Kier alpha value is -0.930. The highest BCUT2D eigenvalue weighted by Crippen LogP contribution is 2.29. The molecule has 3 heteroatoms. The molecule has 2 rings (SSSR count). The van der Waals surface area contributed by atoms with E-state index >= 15 is 0 Å². The van der Waals surface area contributed by atoms with Crippen LogP contribution in [0.25, 0.3) is 0 Å². The second kappa shape index (κ2) is 7.19. The van der Waals surface area contributed by atoms with Crippen LogP contribution >= 0.6 is 0 Å². The summed E-state index contributed by atoms with van der Waals surface area (Å²) in [6.45, 7) is 1.94. The Kier molecular flexibility index (Phi) is 5.55. The number of aryl methyl sites for hydroxylation is 1. The molecular weight excluding hydrogens is 253 g/mol. The molecule has 2 unspecified atom stereocenters. The third kappa shape index (κ3) is 3.80. The van der Waals surface area contributed by atoms with Crippen LogP contribution in [0, 0.1) is 18.7 Å². The van der Waals surface area contributed by atoms with Gasteiger partial charge in [0.15, 0.2) is 0 Å². The first-order valence-electron chi connectivity index (χ1n) is 7.65. The zero-order valence-electron chi connectivity index (χ0n) is 12.6. The van der Waals surface area contributed by atoms with Gasteiger partial charge in [-0.05, 0) is 55.4 Å². The maximum atomic E-state index is 13.1. The Morgan fingerprint density at radius 3 is 2.60 bits per heavy atom. The van der Waals surface area contributed by atoms with Crippen LogP contribution in [-0.4, -0.2) is 19.3 Å². The van der Waals surface area contributed by atoms with E-state index < -0.39 is 0 Å². The van der Waals surface area contributed by atoms with Crippen LogP contribution < -0.4 is 5.73 Å². The van der Waals surface area contributed by atoms with Crippen LogP contribution in [0.15, 0.2) is 18.2 Å². The van der Waals surface area contributed by atoms with Crippen molar-refractivity contribution in [3.8, 4) is 0 Å². The van der Waals surface area contributed by atoms with E-state index in [1.54, 1.807) is 13.2 Å². The SMILES string of the molecule is COC(C(N)Cc1ccc(F)cc1C)C1CCCCC1. The molecule has 1 aliphatic carbocycles. The van der Waals surface area contributed by atoms with E-state index in [-0.39, 0.29) is 18.0 Å². The average molecular weight is 279 g/mol. The Balaban J connectivity index is 2.02. The lowest BCUT2D eigenvalue weighted by Crippen LogP contribution is -2.43. The Morgan fingerprint density at radius 1 is 1.30 bits per heavy atom. The van der Waals surface area contributed by atoms with Gasteiger partial charge < -0.3 is 10.5 Å². The quantitative estimate of drug-likeness (QED) is 0.894. The molecule has 112 valence electrons. The first-order chi connectivity index (χ1) is 9.61. The molecule has 1 aromatic rings. The number of halogens is 1. The number of hydrogen-bond donors (Lipinski definition) is 1. The summed E-state index contributed by atoms with van der Waals surface area (Å²) < 4.78 is 18.8. The van der Waals surface area contributed by atoms with Crippen LogP contribution in [0.4, 0.5) is 4.39 Å². The summed E-state index contributed by atoms with van der Waals surface area (Å²) >= 11 is 0. The smallest absolute Gasteiger partial charge is 0.123 e. The second-order valence-corrected chi connectivity index (χ2v) is 6.04. The first-order valence-corrected chi connectivity index (χ1v) is 7.65. The molecule has 1 saturated carbocycles. The van der Waals surface area contributed by atoms with Crippen LogP contribution in [0.2, 0.25) is 0 Å². The number of ether oxygens (including phenoxy) is 1. The van der Waals surface area contributed by atoms with Gasteiger partial charge in [0.05, 0.1) is 6.10 Å². The highest BCUT2D eigenvalue weighted by Gasteiger charge is 2.28. The topological polar surface area (TPSA) is 35.2 Å². The Bertz CT molecular complexity index is 429. The number of rotatable bonds is 5. The first kappa shape index (κ1) is 15.5. The number of benzene rings is 1. The van der Waals surface area contributed by atoms with Crippen molar-refractivity contribution in [3.63, 3.8) is 0 Å². The lowest BCUT2D eigenvalue weighted by molar-refractivity contribution is 0.0178. The Morgan fingerprint density at radius 2 is 2.00 bits per heavy atom. The van der Waals surface area contributed by atoms with E-state index in [4.69, 9.17) is 10.5 Å². The molecule has 20 heavy (non-hydrogen) atoms. The van der Waals surface area contributed by atoms with Crippen molar-refractivity contribution in [2.45, 2.75) is 57.6 Å². The predicted molar refractivity (Wildman–Crippen MR) is 80.2 cm³/mol. The van der Waals surface area contributed by atoms with Crippen molar-refractivity contribution >= 4 is 0 Å². The molecule has 0 bridgehead atoms. The third-order valence-electron chi connectivity index (χ3n) is 4.57. The van der Waals surface area contributed by atoms with Gasteiger partial charge in [0.2, 0.25) is 0 Å². The van der Waals surface area contributed by atoms with E-state index in [1.165, 1.54) is 38.2 Å². The van der Waals surface area contributed by atoms with Crippen LogP contribution in [0.5, 0.6) is 0 Å². The van der Waals surface area contributed by atoms with Crippen molar-refractivity contribution in [2.24, 2.45) is 11.7 Å². The molecule has 0 saturated heterocycles. The average Bonchev–Trinajstić information content (AvgIpc) is 2.44. The van der Waals surface area contributed by atoms with E-state index in [1.807, 2.05) is 13.0 Å². The fraction of sp³-hybridized carbons (Fsp3) is 0.647. The van der Waals surface area contributed by atoms with E-state index in [2.05, 4.69) is 0 Å². The highest BCUT2D eigenvalue weighted by atomic mass is 19.1. The van der Waals surface area contributed by atoms with Gasteiger partial charge in [0, 0.05) is 13.2 Å². The van der Waals surface area contributed by atoms with Crippen molar-refractivity contribution < 1.29 is 9.13 Å². The minimum atomic E-state index is -0.185. The van der Waals surface area contributed by atoms with E-state index in [0.29, 0.717) is 5.92 Å². The summed E-state index contributed by atoms with van der Waals surface area (Å²) in [4.78, 5) is 0. The summed E-state index contributed by atoms with van der Waals surface area (Å²) in [6.07, 6.45) is 7.20. The van der Waals surface area contributed by atoms with Gasteiger partial charge in [-0.15, -0.1) is 0 Å². The maximum absolute atomic E-state index is 13.1. The predicted octanol–water partition coefficient (Wildman–Crippen LogP) is 3.60. The molecular formula is C17H26FNO. The second-order valence-electron chi connectivity index (χ2n) is 6.04. The van der Waals surface area contributed by atoms with Gasteiger partial charge in [-0.3, -0.25) is 0 Å². The van der Waals surface area contributed by atoms with Crippen molar-refractivity contribution in [1.82, 2.24) is 0 Å². The molecule has 2 nitrogen and oxygen atoms in total. The largest absolute Gasteiger partial charge is 0.380 e. The van der Waals surface area contributed by atoms with Gasteiger partial charge in [-0.2, -0.15) is 0 Å². The monoisotopic (exact) mass is 279 g/mol. The molecule has 0 aliphatic heterocycles. The van der Waals surface area contributed by atoms with Crippen molar-refractivity contribution in [3.05, 3.63) is 35.1 Å². The van der Waals surface area contributed by atoms with Gasteiger partial charge in [0.1, 0.15) is 5.82 Å².